The fourth-order valence-electron chi connectivity index (χ4n) is 3.55. The van der Waals surface area contributed by atoms with Crippen LogP contribution in [-0.4, -0.2) is 90.4 Å². The molecule has 0 radical (unpaired) electrons. The van der Waals surface area contributed by atoms with Gasteiger partial charge in [0.15, 0.2) is 15.2 Å². The highest BCUT2D eigenvalue weighted by Crippen LogP contribution is 2.41. The number of anilines is 1. The molecule has 0 spiro atoms. The average Bonchev–Trinajstić information content (AvgIpc) is 3.60. The highest BCUT2D eigenvalue weighted by atomic mass is 32.2. The van der Waals surface area contributed by atoms with Crippen molar-refractivity contribution >= 4 is 80.9 Å². The number of aliphatic carboxylic acids is 1. The van der Waals surface area contributed by atoms with Crippen LogP contribution in [0, 0.1) is 0 Å². The number of hydrogen-bond donors (Lipinski definition) is 3. The molecule has 18 heteroatoms. The standard InChI is InChI=1S/C22H25N7O7S4/c1-5-22(2,3)36-20(34)26-19-24-11(8-38-19)12(28-35-4)15(30)25-13-16(31)29-14(18(32)33)10(6-37-17(13)29)7-39-21-27-23-9-40-21/h8-9,13,17H,5-7H2,1-4H3,(H,25,30)(H,32,33)(H,24,26,34)/t13?,17-/m1/s1. The molecule has 1 fully saturated rings. The largest absolute Gasteiger partial charge is 0.477 e. The zero-order valence-corrected chi connectivity index (χ0v) is 25.0. The molecular formula is C22H25N7O7S4. The summed E-state index contributed by atoms with van der Waals surface area (Å²) in [5.41, 5.74) is 1.30. The predicted molar refractivity (Wildman–Crippen MR) is 150 cm³/mol. The van der Waals surface area contributed by atoms with Crippen molar-refractivity contribution in [1.29, 1.82) is 0 Å². The molecule has 4 rings (SSSR count). The molecule has 0 bridgehead atoms. The minimum atomic E-state index is -1.22. The Bertz CT molecular complexity index is 1360. The summed E-state index contributed by atoms with van der Waals surface area (Å²) in [6.45, 7) is 5.43. The van der Waals surface area contributed by atoms with Crippen molar-refractivity contribution in [2.75, 3.05) is 23.9 Å². The van der Waals surface area contributed by atoms with Crippen LogP contribution in [0.15, 0.2) is 31.7 Å². The van der Waals surface area contributed by atoms with E-state index >= 15 is 0 Å². The van der Waals surface area contributed by atoms with Crippen molar-refractivity contribution in [3.63, 3.8) is 0 Å². The lowest BCUT2D eigenvalue weighted by Crippen LogP contribution is -2.71. The Balaban J connectivity index is 1.43. The fraction of sp³-hybridized carbons (Fsp3) is 0.455. The van der Waals surface area contributed by atoms with Crippen LogP contribution in [0.4, 0.5) is 9.93 Å². The zero-order chi connectivity index (χ0) is 29.0. The Hall–Kier alpha value is -3.22. The number of carbonyl (C=O) groups is 4. The van der Waals surface area contributed by atoms with Gasteiger partial charge in [0.05, 0.1) is 0 Å². The smallest absolute Gasteiger partial charge is 0.413 e. The third kappa shape index (κ3) is 6.56. The summed E-state index contributed by atoms with van der Waals surface area (Å²) in [6.07, 6.45) is -0.0837. The number of amides is 3. The van der Waals surface area contributed by atoms with Crippen molar-refractivity contribution in [2.45, 2.75) is 48.5 Å². The SMILES string of the molecule is CCC(C)(C)OC(=O)Nc1nc(C(=NOC)C(=O)NC2C(=O)N3C(C(=O)O)=C(CSc4nncs4)CS[C@H]23)cs1. The average molecular weight is 628 g/mol. The number of oxime groups is 1. The topological polar surface area (TPSA) is 185 Å². The van der Waals surface area contributed by atoms with E-state index in [0.29, 0.717) is 27.8 Å². The summed E-state index contributed by atoms with van der Waals surface area (Å²) in [7, 11) is 1.25. The maximum Gasteiger partial charge on any atom is 0.413 e. The molecule has 1 saturated heterocycles. The van der Waals surface area contributed by atoms with Crippen LogP contribution in [0.5, 0.6) is 0 Å². The lowest BCUT2D eigenvalue weighted by molar-refractivity contribution is -0.150. The van der Waals surface area contributed by atoms with Crippen molar-refractivity contribution < 1.29 is 33.9 Å². The summed E-state index contributed by atoms with van der Waals surface area (Å²) < 4.78 is 6.04. The van der Waals surface area contributed by atoms with Crippen LogP contribution in [0.25, 0.3) is 0 Å². The van der Waals surface area contributed by atoms with Crippen molar-refractivity contribution in [2.24, 2.45) is 5.16 Å². The second-order valence-corrected chi connectivity index (χ2v) is 12.9. The first-order chi connectivity index (χ1) is 19.0. The Labute approximate surface area is 245 Å². The van der Waals surface area contributed by atoms with Crippen LogP contribution < -0.4 is 10.6 Å². The van der Waals surface area contributed by atoms with Gasteiger partial charge in [-0.1, -0.05) is 35.2 Å². The number of thiazole rings is 1. The van der Waals surface area contributed by atoms with Gasteiger partial charge >= 0.3 is 12.1 Å². The number of carboxylic acids is 1. The van der Waals surface area contributed by atoms with Gasteiger partial charge in [-0.2, -0.15) is 0 Å². The monoisotopic (exact) mass is 627 g/mol. The number of carboxylic acid groups (broad SMARTS) is 1. The second kappa shape index (κ2) is 12.5. The number of nitrogens with zero attached hydrogens (tertiary/aromatic N) is 5. The predicted octanol–water partition coefficient (Wildman–Crippen LogP) is 2.61. The van der Waals surface area contributed by atoms with E-state index in [1.165, 1.54) is 52.3 Å². The van der Waals surface area contributed by atoms with E-state index < -0.39 is 40.9 Å². The highest BCUT2D eigenvalue weighted by molar-refractivity contribution is 8.01. The highest BCUT2D eigenvalue weighted by Gasteiger charge is 2.54. The molecule has 14 nitrogen and oxygen atoms in total. The number of hydrogen-bond acceptors (Lipinski definition) is 14. The molecule has 2 atom stereocenters. The van der Waals surface area contributed by atoms with Crippen LogP contribution in [0.1, 0.15) is 32.9 Å². The molecule has 0 aliphatic carbocycles. The van der Waals surface area contributed by atoms with Crippen LogP contribution in [0.3, 0.4) is 0 Å². The molecule has 1 unspecified atom stereocenters. The number of carbonyl (C=O) groups excluding carboxylic acids is 3. The summed E-state index contributed by atoms with van der Waals surface area (Å²) in [4.78, 5) is 60.7. The normalized spacial score (nSPS) is 19.1. The van der Waals surface area contributed by atoms with Gasteiger partial charge in [0.1, 0.15) is 41.0 Å². The van der Waals surface area contributed by atoms with Crippen molar-refractivity contribution in [3.8, 4) is 0 Å². The Morgan fingerprint density at radius 1 is 1.32 bits per heavy atom. The zero-order valence-electron chi connectivity index (χ0n) is 21.7. The lowest BCUT2D eigenvalue weighted by atomic mass is 10.0. The molecule has 2 aromatic heterocycles. The van der Waals surface area contributed by atoms with E-state index in [0.717, 1.165) is 11.3 Å². The van der Waals surface area contributed by atoms with Gasteiger partial charge in [0.2, 0.25) is 0 Å². The first kappa shape index (κ1) is 29.8. The summed E-state index contributed by atoms with van der Waals surface area (Å²) in [6, 6.07) is -0.978. The molecule has 3 amide bonds. The van der Waals surface area contributed by atoms with Gasteiger partial charge in [-0.15, -0.1) is 33.3 Å². The minimum absolute atomic E-state index is 0.0876. The molecule has 0 saturated carbocycles. The lowest BCUT2D eigenvalue weighted by Gasteiger charge is -2.49. The van der Waals surface area contributed by atoms with Crippen molar-refractivity contribution in [3.05, 3.63) is 27.9 Å². The Kier molecular flexibility index (Phi) is 9.32. The fourth-order valence-corrected chi connectivity index (χ4v) is 7.20. The number of fused-ring (bicyclic) bond motifs is 1. The Morgan fingerprint density at radius 3 is 2.75 bits per heavy atom. The number of aromatic nitrogens is 3. The van der Waals surface area contributed by atoms with Crippen LogP contribution in [0.2, 0.25) is 0 Å². The number of thioether (sulfide) groups is 2. The van der Waals surface area contributed by atoms with E-state index in [9.17, 15) is 24.3 Å². The third-order valence-corrected chi connectivity index (χ3v) is 9.86. The maximum absolute atomic E-state index is 13.1. The van der Waals surface area contributed by atoms with Gasteiger partial charge < -0.3 is 20.0 Å². The number of rotatable bonds is 11. The van der Waals surface area contributed by atoms with Gasteiger partial charge in [-0.3, -0.25) is 19.8 Å². The summed E-state index contributed by atoms with van der Waals surface area (Å²) >= 11 is 5.08. The summed E-state index contributed by atoms with van der Waals surface area (Å²) in [5.74, 6) is -1.82. The van der Waals surface area contributed by atoms with Crippen molar-refractivity contribution in [1.82, 2.24) is 25.4 Å². The molecule has 0 aromatic carbocycles. The second-order valence-electron chi connectivity index (χ2n) is 8.90. The minimum Gasteiger partial charge on any atom is -0.477 e. The molecule has 40 heavy (non-hydrogen) atoms. The maximum atomic E-state index is 13.1. The summed E-state index contributed by atoms with van der Waals surface area (Å²) in [5, 5.41) is 27.5. The van der Waals surface area contributed by atoms with E-state index in [1.807, 2.05) is 6.92 Å². The molecule has 214 valence electrons. The molecule has 2 aromatic rings. The molecule has 3 N–H and O–H groups in total. The van der Waals surface area contributed by atoms with E-state index in [1.54, 1.807) is 19.4 Å². The molecular weight excluding hydrogens is 603 g/mol. The van der Waals surface area contributed by atoms with Gasteiger partial charge in [0.25, 0.3) is 11.8 Å². The number of nitrogens with one attached hydrogen (secondary N) is 2. The number of ether oxygens (including phenoxy) is 1. The third-order valence-electron chi connectivity index (χ3n) is 5.82. The van der Waals surface area contributed by atoms with Crippen LogP contribution >= 0.6 is 46.2 Å². The quantitative estimate of drug-likeness (QED) is 0.143. The van der Waals surface area contributed by atoms with Crippen LogP contribution in [-0.2, 0) is 24.0 Å². The molecule has 2 aliphatic rings. The van der Waals surface area contributed by atoms with E-state index in [2.05, 4.69) is 31.0 Å². The van der Waals surface area contributed by atoms with Gasteiger partial charge in [0, 0.05) is 16.9 Å². The molecule has 4 heterocycles. The van der Waals surface area contributed by atoms with E-state index in [4.69, 9.17) is 9.57 Å². The first-order valence-electron chi connectivity index (χ1n) is 11.7. The number of β-lactam (4-membered cyclic amide) rings is 1. The van der Waals surface area contributed by atoms with E-state index in [-0.39, 0.29) is 22.2 Å². The van der Waals surface area contributed by atoms with Gasteiger partial charge in [-0.05, 0) is 25.8 Å². The molecule has 2 aliphatic heterocycles. The first-order valence-corrected chi connectivity index (χ1v) is 15.5. The van der Waals surface area contributed by atoms with Gasteiger partial charge in [-0.25, -0.2) is 14.6 Å². The Morgan fingerprint density at radius 2 is 2.10 bits per heavy atom.